The summed E-state index contributed by atoms with van der Waals surface area (Å²) in [6, 6.07) is 32.8. The van der Waals surface area contributed by atoms with Gasteiger partial charge in [0.15, 0.2) is 0 Å². The summed E-state index contributed by atoms with van der Waals surface area (Å²) in [5.41, 5.74) is 4.28. The molecule has 0 aliphatic rings. The van der Waals surface area contributed by atoms with Gasteiger partial charge in [-0.3, -0.25) is 4.79 Å². The second kappa shape index (κ2) is 9.48. The van der Waals surface area contributed by atoms with E-state index in [2.05, 4.69) is 53.4 Å². The highest BCUT2D eigenvalue weighted by atomic mass is 16.2. The topological polar surface area (TPSA) is 23.6 Å². The van der Waals surface area contributed by atoms with Crippen LogP contribution in [0, 0.1) is 0 Å². The molecule has 31 heavy (non-hydrogen) atoms. The van der Waals surface area contributed by atoms with E-state index >= 15 is 0 Å². The lowest BCUT2D eigenvalue weighted by atomic mass is 10.0. The average Bonchev–Trinajstić information content (AvgIpc) is 2.82. The molecule has 0 heterocycles. The Morgan fingerprint density at radius 2 is 1.39 bits per heavy atom. The molecule has 1 amide bonds. The normalized spacial score (nSPS) is 10.8. The third kappa shape index (κ3) is 4.95. The molecule has 0 bridgehead atoms. The van der Waals surface area contributed by atoms with E-state index < -0.39 is 0 Å². The first kappa shape index (κ1) is 20.7. The summed E-state index contributed by atoms with van der Waals surface area (Å²) in [7, 11) is 4.07. The molecule has 0 N–H and O–H groups in total. The predicted octanol–water partition coefficient (Wildman–Crippen LogP) is 5.79. The van der Waals surface area contributed by atoms with Gasteiger partial charge in [0.1, 0.15) is 0 Å². The van der Waals surface area contributed by atoms with Crippen LogP contribution in [0.3, 0.4) is 0 Å². The molecule has 0 aromatic heterocycles. The molecule has 0 saturated carbocycles. The van der Waals surface area contributed by atoms with Crippen LogP contribution in [0.4, 0.5) is 5.69 Å². The largest absolute Gasteiger partial charge is 0.378 e. The van der Waals surface area contributed by atoms with E-state index in [1.165, 1.54) is 5.56 Å². The van der Waals surface area contributed by atoms with E-state index in [1.54, 1.807) is 0 Å². The van der Waals surface area contributed by atoms with Gasteiger partial charge in [-0.05, 0) is 46.5 Å². The Morgan fingerprint density at radius 1 is 0.710 bits per heavy atom. The molecule has 4 aromatic carbocycles. The predicted molar refractivity (Wildman–Crippen MR) is 130 cm³/mol. The van der Waals surface area contributed by atoms with Gasteiger partial charge in [0.2, 0.25) is 0 Å². The summed E-state index contributed by atoms with van der Waals surface area (Å²) >= 11 is 0. The van der Waals surface area contributed by atoms with Gasteiger partial charge in [0.05, 0.1) is 0 Å². The fourth-order valence-corrected chi connectivity index (χ4v) is 3.86. The van der Waals surface area contributed by atoms with Gasteiger partial charge in [-0.15, -0.1) is 0 Å². The third-order valence-electron chi connectivity index (χ3n) is 5.65. The zero-order chi connectivity index (χ0) is 21.6. The van der Waals surface area contributed by atoms with Crippen LogP contribution in [0.1, 0.15) is 21.5 Å². The molecular formula is C28H28N2O. The Hall–Kier alpha value is -3.59. The SMILES string of the molecule is CN(C)c1ccc(CN(CCc2ccccc2)C(=O)c2cccc3ccccc23)cc1. The number of fused-ring (bicyclic) bond motifs is 1. The van der Waals surface area contributed by atoms with Crippen LogP contribution in [0.25, 0.3) is 10.8 Å². The van der Waals surface area contributed by atoms with Gasteiger partial charge in [-0.25, -0.2) is 0 Å². The van der Waals surface area contributed by atoms with Gasteiger partial charge in [0, 0.05) is 38.4 Å². The Balaban J connectivity index is 1.62. The number of amides is 1. The van der Waals surface area contributed by atoms with Crippen molar-refractivity contribution < 1.29 is 4.79 Å². The van der Waals surface area contributed by atoms with Crippen LogP contribution in [0.15, 0.2) is 97.1 Å². The van der Waals surface area contributed by atoms with Crippen molar-refractivity contribution >= 4 is 22.4 Å². The fraction of sp³-hybridized carbons (Fsp3) is 0.179. The Labute approximate surface area is 184 Å². The second-order valence-corrected chi connectivity index (χ2v) is 8.05. The minimum atomic E-state index is 0.0735. The van der Waals surface area contributed by atoms with Crippen LogP contribution in [0.2, 0.25) is 0 Å². The third-order valence-corrected chi connectivity index (χ3v) is 5.65. The lowest BCUT2D eigenvalue weighted by molar-refractivity contribution is 0.0747. The van der Waals surface area contributed by atoms with Crippen LogP contribution in [0.5, 0.6) is 0 Å². The van der Waals surface area contributed by atoms with Gasteiger partial charge < -0.3 is 9.80 Å². The molecule has 0 aliphatic heterocycles. The van der Waals surface area contributed by atoms with E-state index in [1.807, 2.05) is 67.5 Å². The number of carbonyl (C=O) groups is 1. The maximum Gasteiger partial charge on any atom is 0.254 e. The van der Waals surface area contributed by atoms with Gasteiger partial charge in [-0.2, -0.15) is 0 Å². The number of benzene rings is 4. The molecule has 0 radical (unpaired) electrons. The lowest BCUT2D eigenvalue weighted by Crippen LogP contribution is -2.32. The maximum absolute atomic E-state index is 13.7. The molecule has 3 nitrogen and oxygen atoms in total. The van der Waals surface area contributed by atoms with Crippen molar-refractivity contribution in [2.24, 2.45) is 0 Å². The van der Waals surface area contributed by atoms with Crippen molar-refractivity contribution in [1.82, 2.24) is 4.90 Å². The van der Waals surface area contributed by atoms with Crippen molar-refractivity contribution in [3.8, 4) is 0 Å². The smallest absolute Gasteiger partial charge is 0.254 e. The van der Waals surface area contributed by atoms with Crippen molar-refractivity contribution in [2.45, 2.75) is 13.0 Å². The van der Waals surface area contributed by atoms with Crippen molar-refractivity contribution in [3.05, 3.63) is 114 Å². The van der Waals surface area contributed by atoms with Crippen molar-refractivity contribution in [2.75, 3.05) is 25.5 Å². The highest BCUT2D eigenvalue weighted by Crippen LogP contribution is 2.22. The van der Waals surface area contributed by atoms with E-state index in [4.69, 9.17) is 0 Å². The second-order valence-electron chi connectivity index (χ2n) is 8.05. The lowest BCUT2D eigenvalue weighted by Gasteiger charge is -2.24. The molecule has 0 aliphatic carbocycles. The molecule has 0 spiro atoms. The van der Waals surface area contributed by atoms with E-state index in [-0.39, 0.29) is 5.91 Å². The highest BCUT2D eigenvalue weighted by molar-refractivity contribution is 6.07. The van der Waals surface area contributed by atoms with Crippen LogP contribution in [-0.4, -0.2) is 31.4 Å². The average molecular weight is 409 g/mol. The van der Waals surface area contributed by atoms with Crippen LogP contribution in [-0.2, 0) is 13.0 Å². The summed E-state index contributed by atoms with van der Waals surface area (Å²) < 4.78 is 0. The molecule has 156 valence electrons. The number of hydrogen-bond donors (Lipinski definition) is 0. The number of rotatable bonds is 7. The molecule has 0 unspecified atom stereocenters. The Kier molecular flexibility index (Phi) is 6.32. The van der Waals surface area contributed by atoms with Crippen LogP contribution < -0.4 is 4.90 Å². The molecule has 4 aromatic rings. The molecule has 0 saturated heterocycles. The van der Waals surface area contributed by atoms with Gasteiger partial charge in [-0.1, -0.05) is 78.9 Å². The zero-order valence-corrected chi connectivity index (χ0v) is 18.2. The maximum atomic E-state index is 13.7. The Bertz CT molecular complexity index is 1150. The first-order valence-corrected chi connectivity index (χ1v) is 10.7. The van der Waals surface area contributed by atoms with Gasteiger partial charge >= 0.3 is 0 Å². The first-order chi connectivity index (χ1) is 15.1. The number of anilines is 1. The number of nitrogens with zero attached hydrogens (tertiary/aromatic N) is 2. The van der Waals surface area contributed by atoms with E-state index in [0.717, 1.165) is 34.0 Å². The summed E-state index contributed by atoms with van der Waals surface area (Å²) in [6.07, 6.45) is 0.827. The summed E-state index contributed by atoms with van der Waals surface area (Å²) in [4.78, 5) is 17.7. The van der Waals surface area contributed by atoms with Crippen molar-refractivity contribution in [3.63, 3.8) is 0 Å². The van der Waals surface area contributed by atoms with E-state index in [0.29, 0.717) is 13.1 Å². The zero-order valence-electron chi connectivity index (χ0n) is 18.2. The monoisotopic (exact) mass is 408 g/mol. The number of hydrogen-bond acceptors (Lipinski definition) is 2. The van der Waals surface area contributed by atoms with Crippen molar-refractivity contribution in [1.29, 1.82) is 0 Å². The quantitative estimate of drug-likeness (QED) is 0.386. The summed E-state index contributed by atoms with van der Waals surface area (Å²) in [5.74, 6) is 0.0735. The minimum absolute atomic E-state index is 0.0735. The van der Waals surface area contributed by atoms with Crippen LogP contribution >= 0.6 is 0 Å². The van der Waals surface area contributed by atoms with E-state index in [9.17, 15) is 4.79 Å². The number of carbonyl (C=O) groups excluding carboxylic acids is 1. The minimum Gasteiger partial charge on any atom is -0.378 e. The summed E-state index contributed by atoms with van der Waals surface area (Å²) in [5, 5.41) is 2.09. The Morgan fingerprint density at radius 3 is 2.13 bits per heavy atom. The summed E-state index contributed by atoms with van der Waals surface area (Å²) in [6.45, 7) is 1.25. The highest BCUT2D eigenvalue weighted by Gasteiger charge is 2.18. The molecule has 0 atom stereocenters. The molecule has 3 heteroatoms. The standard InChI is InChI=1S/C28H28N2O/c1-29(2)25-17-15-23(16-18-25)21-30(20-19-22-9-4-3-5-10-22)28(31)27-14-8-12-24-11-6-7-13-26(24)27/h3-18H,19-21H2,1-2H3. The first-order valence-electron chi connectivity index (χ1n) is 10.7. The molecular weight excluding hydrogens is 380 g/mol. The van der Waals surface area contributed by atoms with Gasteiger partial charge in [0.25, 0.3) is 5.91 Å². The molecule has 0 fully saturated rings. The fourth-order valence-electron chi connectivity index (χ4n) is 3.86. The molecule has 4 rings (SSSR count).